The van der Waals surface area contributed by atoms with E-state index in [4.69, 9.17) is 4.74 Å². The Morgan fingerprint density at radius 2 is 2.11 bits per heavy atom. The summed E-state index contributed by atoms with van der Waals surface area (Å²) in [7, 11) is 0. The third-order valence-corrected chi connectivity index (χ3v) is 3.72. The van der Waals surface area contributed by atoms with E-state index in [0.29, 0.717) is 18.6 Å². The van der Waals surface area contributed by atoms with Gasteiger partial charge in [-0.25, -0.2) is 0 Å². The van der Waals surface area contributed by atoms with Crippen LogP contribution in [0.1, 0.15) is 26.2 Å². The van der Waals surface area contributed by atoms with Crippen LogP contribution >= 0.6 is 0 Å². The van der Waals surface area contributed by atoms with Crippen LogP contribution < -0.4 is 10.6 Å². The molecule has 2 heterocycles. The van der Waals surface area contributed by atoms with Crippen molar-refractivity contribution in [3.05, 3.63) is 0 Å². The van der Waals surface area contributed by atoms with Gasteiger partial charge in [-0.05, 0) is 25.8 Å². The van der Waals surface area contributed by atoms with E-state index < -0.39 is 0 Å². The maximum absolute atomic E-state index is 12.0. The second-order valence-electron chi connectivity index (χ2n) is 5.24. The minimum absolute atomic E-state index is 0.169. The van der Waals surface area contributed by atoms with E-state index in [1.807, 2.05) is 0 Å². The Balaban J connectivity index is 1.73. The zero-order valence-electron chi connectivity index (χ0n) is 11.3. The first kappa shape index (κ1) is 13.8. The van der Waals surface area contributed by atoms with Crippen molar-refractivity contribution in [3.63, 3.8) is 0 Å². The van der Waals surface area contributed by atoms with Crippen LogP contribution in [0.15, 0.2) is 0 Å². The quantitative estimate of drug-likeness (QED) is 0.699. The van der Waals surface area contributed by atoms with E-state index in [0.717, 1.165) is 52.1 Å². The highest BCUT2D eigenvalue weighted by molar-refractivity contribution is 5.78. The van der Waals surface area contributed by atoms with Gasteiger partial charge in [0, 0.05) is 38.4 Å². The molecule has 0 aromatic rings. The molecule has 0 unspecified atom stereocenters. The molecule has 2 aliphatic heterocycles. The molecule has 5 nitrogen and oxygen atoms in total. The summed E-state index contributed by atoms with van der Waals surface area (Å²) >= 11 is 0. The lowest BCUT2D eigenvalue weighted by molar-refractivity contribution is -0.124. The Hall–Kier alpha value is -0.650. The first-order valence-electron chi connectivity index (χ1n) is 7.11. The number of carbonyl (C=O) groups is 1. The molecular formula is C13H25N3O2. The minimum atomic E-state index is 0.169. The normalized spacial score (nSPS) is 21.9. The SMILES string of the molecule is CCCN(CC(=O)NC1CCOCC1)C1CNC1. The Morgan fingerprint density at radius 1 is 1.39 bits per heavy atom. The fourth-order valence-corrected chi connectivity index (χ4v) is 2.51. The predicted molar refractivity (Wildman–Crippen MR) is 70.5 cm³/mol. The molecular weight excluding hydrogens is 230 g/mol. The Labute approximate surface area is 109 Å². The van der Waals surface area contributed by atoms with E-state index in [9.17, 15) is 4.79 Å². The standard InChI is InChI=1S/C13H25N3O2/c1-2-5-16(12-8-14-9-12)10-13(17)15-11-3-6-18-7-4-11/h11-12,14H,2-10H2,1H3,(H,15,17). The number of amides is 1. The van der Waals surface area contributed by atoms with Crippen molar-refractivity contribution in [2.75, 3.05) is 39.4 Å². The fourth-order valence-electron chi connectivity index (χ4n) is 2.51. The first-order valence-corrected chi connectivity index (χ1v) is 7.11. The number of nitrogens with zero attached hydrogens (tertiary/aromatic N) is 1. The summed E-state index contributed by atoms with van der Waals surface area (Å²) < 4.78 is 5.30. The summed E-state index contributed by atoms with van der Waals surface area (Å²) in [6.07, 6.45) is 3.00. The average molecular weight is 255 g/mol. The average Bonchev–Trinajstić information content (AvgIpc) is 2.28. The highest BCUT2D eigenvalue weighted by Gasteiger charge is 2.26. The number of rotatable bonds is 6. The predicted octanol–water partition coefficient (Wildman–Crippen LogP) is -0.0346. The zero-order chi connectivity index (χ0) is 12.8. The molecule has 0 atom stereocenters. The van der Waals surface area contributed by atoms with Gasteiger partial charge in [-0.1, -0.05) is 6.92 Å². The number of ether oxygens (including phenoxy) is 1. The molecule has 1 amide bonds. The van der Waals surface area contributed by atoms with Gasteiger partial charge in [0.1, 0.15) is 0 Å². The second-order valence-corrected chi connectivity index (χ2v) is 5.24. The van der Waals surface area contributed by atoms with Crippen molar-refractivity contribution in [3.8, 4) is 0 Å². The molecule has 0 aromatic carbocycles. The van der Waals surface area contributed by atoms with E-state index in [1.54, 1.807) is 0 Å². The van der Waals surface area contributed by atoms with E-state index in [2.05, 4.69) is 22.5 Å². The van der Waals surface area contributed by atoms with Crippen molar-refractivity contribution in [1.29, 1.82) is 0 Å². The summed E-state index contributed by atoms with van der Waals surface area (Å²) in [5.41, 5.74) is 0. The van der Waals surface area contributed by atoms with Crippen molar-refractivity contribution < 1.29 is 9.53 Å². The molecule has 2 aliphatic rings. The Bertz CT molecular complexity index is 263. The minimum Gasteiger partial charge on any atom is -0.381 e. The van der Waals surface area contributed by atoms with E-state index in [-0.39, 0.29) is 5.91 Å². The van der Waals surface area contributed by atoms with Crippen LogP contribution in [-0.4, -0.2) is 62.3 Å². The molecule has 2 rings (SSSR count). The summed E-state index contributed by atoms with van der Waals surface area (Å²) in [5, 5.41) is 6.39. The molecule has 104 valence electrons. The fraction of sp³-hybridized carbons (Fsp3) is 0.923. The van der Waals surface area contributed by atoms with Gasteiger partial charge >= 0.3 is 0 Å². The summed E-state index contributed by atoms with van der Waals surface area (Å²) in [6.45, 7) is 7.29. The lowest BCUT2D eigenvalue weighted by atomic mass is 10.1. The van der Waals surface area contributed by atoms with Crippen molar-refractivity contribution >= 4 is 5.91 Å². The Morgan fingerprint density at radius 3 is 2.67 bits per heavy atom. The van der Waals surface area contributed by atoms with Crippen molar-refractivity contribution in [2.45, 2.75) is 38.3 Å². The lowest BCUT2D eigenvalue weighted by Gasteiger charge is -2.38. The van der Waals surface area contributed by atoms with Crippen LogP contribution in [0.2, 0.25) is 0 Å². The monoisotopic (exact) mass is 255 g/mol. The number of nitrogens with one attached hydrogen (secondary N) is 2. The van der Waals surface area contributed by atoms with Gasteiger partial charge < -0.3 is 15.4 Å². The van der Waals surface area contributed by atoms with E-state index in [1.165, 1.54) is 0 Å². The molecule has 0 aromatic heterocycles. The third-order valence-electron chi connectivity index (χ3n) is 3.72. The zero-order valence-corrected chi connectivity index (χ0v) is 11.3. The summed E-state index contributed by atoms with van der Waals surface area (Å²) in [6, 6.07) is 0.861. The lowest BCUT2D eigenvalue weighted by Crippen LogP contribution is -2.59. The topological polar surface area (TPSA) is 53.6 Å². The van der Waals surface area contributed by atoms with Crippen molar-refractivity contribution in [2.24, 2.45) is 0 Å². The molecule has 0 spiro atoms. The van der Waals surface area contributed by atoms with Gasteiger partial charge in [-0.2, -0.15) is 0 Å². The van der Waals surface area contributed by atoms with Crippen LogP contribution in [0.25, 0.3) is 0 Å². The molecule has 18 heavy (non-hydrogen) atoms. The molecule has 5 heteroatoms. The van der Waals surface area contributed by atoms with Crippen LogP contribution in [0.4, 0.5) is 0 Å². The number of carbonyl (C=O) groups excluding carboxylic acids is 1. The largest absolute Gasteiger partial charge is 0.381 e. The molecule has 2 N–H and O–H groups in total. The smallest absolute Gasteiger partial charge is 0.234 e. The molecule has 0 aliphatic carbocycles. The van der Waals surface area contributed by atoms with E-state index >= 15 is 0 Å². The first-order chi connectivity index (χ1) is 8.79. The van der Waals surface area contributed by atoms with Crippen LogP contribution in [-0.2, 0) is 9.53 Å². The highest BCUT2D eigenvalue weighted by atomic mass is 16.5. The molecule has 0 bridgehead atoms. The van der Waals surface area contributed by atoms with Gasteiger partial charge in [0.25, 0.3) is 0 Å². The molecule has 0 radical (unpaired) electrons. The van der Waals surface area contributed by atoms with Gasteiger partial charge in [-0.3, -0.25) is 9.69 Å². The van der Waals surface area contributed by atoms with Crippen molar-refractivity contribution in [1.82, 2.24) is 15.5 Å². The van der Waals surface area contributed by atoms with Gasteiger partial charge in [0.2, 0.25) is 5.91 Å². The van der Waals surface area contributed by atoms with Crippen LogP contribution in [0.5, 0.6) is 0 Å². The number of hydrogen-bond acceptors (Lipinski definition) is 4. The molecule has 2 saturated heterocycles. The highest BCUT2D eigenvalue weighted by Crippen LogP contribution is 2.08. The molecule has 2 fully saturated rings. The van der Waals surface area contributed by atoms with Gasteiger partial charge in [0.05, 0.1) is 6.54 Å². The summed E-state index contributed by atoms with van der Waals surface area (Å²) in [4.78, 5) is 14.3. The third kappa shape index (κ3) is 3.93. The second kappa shape index (κ2) is 7.07. The maximum Gasteiger partial charge on any atom is 0.234 e. The summed E-state index contributed by atoms with van der Waals surface area (Å²) in [5.74, 6) is 0.169. The van der Waals surface area contributed by atoms with Gasteiger partial charge in [0.15, 0.2) is 0 Å². The number of hydrogen-bond donors (Lipinski definition) is 2. The van der Waals surface area contributed by atoms with Crippen LogP contribution in [0.3, 0.4) is 0 Å². The van der Waals surface area contributed by atoms with Gasteiger partial charge in [-0.15, -0.1) is 0 Å². The molecule has 0 saturated carbocycles. The van der Waals surface area contributed by atoms with Crippen LogP contribution in [0, 0.1) is 0 Å². The maximum atomic E-state index is 12.0. The Kier molecular flexibility index (Phi) is 5.41.